The van der Waals surface area contributed by atoms with Crippen molar-refractivity contribution in [3.8, 4) is 0 Å². The van der Waals surface area contributed by atoms with Crippen molar-refractivity contribution in [2.45, 2.75) is 31.7 Å². The van der Waals surface area contributed by atoms with Gasteiger partial charge in [0.1, 0.15) is 0 Å². The first kappa shape index (κ1) is 23.0. The number of carbonyl (C=O) groups excluding carboxylic acids is 2. The number of amides is 1. The highest BCUT2D eigenvalue weighted by atomic mass is 32.2. The molecule has 2 aromatic rings. The average molecular weight is 445 g/mol. The van der Waals surface area contributed by atoms with Gasteiger partial charge in [0.25, 0.3) is 5.91 Å². The van der Waals surface area contributed by atoms with E-state index in [0.717, 1.165) is 12.0 Å². The van der Waals surface area contributed by atoms with Crippen LogP contribution in [0.25, 0.3) is 0 Å². The van der Waals surface area contributed by atoms with Gasteiger partial charge in [0.2, 0.25) is 10.0 Å². The van der Waals surface area contributed by atoms with Crippen LogP contribution in [-0.4, -0.2) is 44.8 Å². The molecule has 1 aliphatic heterocycles. The number of sulfonamides is 1. The Labute approximate surface area is 183 Å². The van der Waals surface area contributed by atoms with Crippen LogP contribution in [0.3, 0.4) is 0 Å². The van der Waals surface area contributed by atoms with Crippen molar-refractivity contribution >= 4 is 21.9 Å². The molecule has 1 amide bonds. The standard InChI is InChI=1S/C23H28N2O5S/c1-16-12-17(2)15-25(14-16)31(28,29)21-10-8-19(9-11-21)22(26)24-13-18-4-6-20(7-5-18)23(27)30-3/h4-11,16-17H,12-15H2,1-3H3,(H,24,26). The summed E-state index contributed by atoms with van der Waals surface area (Å²) in [6.45, 7) is 5.44. The summed E-state index contributed by atoms with van der Waals surface area (Å²) in [7, 11) is -2.26. The zero-order valence-corrected chi connectivity index (χ0v) is 18.8. The van der Waals surface area contributed by atoms with Crippen LogP contribution >= 0.6 is 0 Å². The van der Waals surface area contributed by atoms with E-state index >= 15 is 0 Å². The number of benzene rings is 2. The number of nitrogens with one attached hydrogen (secondary N) is 1. The molecule has 1 N–H and O–H groups in total. The Morgan fingerprint density at radius 2 is 1.52 bits per heavy atom. The van der Waals surface area contributed by atoms with E-state index in [1.807, 2.05) is 0 Å². The number of esters is 1. The topological polar surface area (TPSA) is 92.8 Å². The molecule has 166 valence electrons. The highest BCUT2D eigenvalue weighted by Crippen LogP contribution is 2.26. The van der Waals surface area contributed by atoms with Crippen LogP contribution in [-0.2, 0) is 21.3 Å². The predicted molar refractivity (Wildman–Crippen MR) is 117 cm³/mol. The highest BCUT2D eigenvalue weighted by Gasteiger charge is 2.31. The van der Waals surface area contributed by atoms with Crippen molar-refractivity contribution < 1.29 is 22.7 Å². The number of methoxy groups -OCH3 is 1. The maximum Gasteiger partial charge on any atom is 0.337 e. The summed E-state index contributed by atoms with van der Waals surface area (Å²) >= 11 is 0. The van der Waals surface area contributed by atoms with E-state index in [-0.39, 0.29) is 17.3 Å². The van der Waals surface area contributed by atoms with Crippen molar-refractivity contribution in [2.24, 2.45) is 11.8 Å². The van der Waals surface area contributed by atoms with E-state index in [4.69, 9.17) is 0 Å². The smallest absolute Gasteiger partial charge is 0.337 e. The van der Waals surface area contributed by atoms with Crippen molar-refractivity contribution in [3.63, 3.8) is 0 Å². The normalized spacial score (nSPS) is 19.6. The minimum Gasteiger partial charge on any atom is -0.465 e. The van der Waals surface area contributed by atoms with Crippen LogP contribution in [0.2, 0.25) is 0 Å². The second-order valence-corrected chi connectivity index (χ2v) is 10.1. The third kappa shape index (κ3) is 5.51. The Morgan fingerprint density at radius 3 is 2.06 bits per heavy atom. The van der Waals surface area contributed by atoms with Crippen LogP contribution in [0.1, 0.15) is 46.5 Å². The van der Waals surface area contributed by atoms with E-state index in [0.29, 0.717) is 36.1 Å². The Balaban J connectivity index is 1.63. The molecule has 8 heteroatoms. The molecule has 0 radical (unpaired) electrons. The second kappa shape index (κ2) is 9.62. The Morgan fingerprint density at radius 1 is 0.968 bits per heavy atom. The Hall–Kier alpha value is -2.71. The van der Waals surface area contributed by atoms with E-state index in [2.05, 4.69) is 23.9 Å². The molecule has 0 spiro atoms. The van der Waals surface area contributed by atoms with Gasteiger partial charge in [-0.1, -0.05) is 26.0 Å². The molecule has 0 bridgehead atoms. The van der Waals surface area contributed by atoms with Gasteiger partial charge in [0.15, 0.2) is 0 Å². The first-order valence-electron chi connectivity index (χ1n) is 10.3. The van der Waals surface area contributed by atoms with Crippen LogP contribution in [0.5, 0.6) is 0 Å². The number of ether oxygens (including phenoxy) is 1. The van der Waals surface area contributed by atoms with Crippen molar-refractivity contribution in [1.82, 2.24) is 9.62 Å². The molecule has 1 fully saturated rings. The van der Waals surface area contributed by atoms with Gasteiger partial charge in [-0.25, -0.2) is 13.2 Å². The summed E-state index contributed by atoms with van der Waals surface area (Å²) in [5, 5.41) is 2.80. The molecule has 1 aliphatic rings. The lowest BCUT2D eigenvalue weighted by Crippen LogP contribution is -2.42. The summed E-state index contributed by atoms with van der Waals surface area (Å²) in [6.07, 6.45) is 1.02. The van der Waals surface area contributed by atoms with Crippen LogP contribution in [0.15, 0.2) is 53.4 Å². The summed E-state index contributed by atoms with van der Waals surface area (Å²) in [5.41, 5.74) is 1.64. The fraction of sp³-hybridized carbons (Fsp3) is 0.391. The van der Waals surface area contributed by atoms with Crippen LogP contribution in [0.4, 0.5) is 0 Å². The molecular weight excluding hydrogens is 416 g/mol. The fourth-order valence-corrected chi connectivity index (χ4v) is 5.57. The molecule has 7 nitrogen and oxygen atoms in total. The lowest BCUT2D eigenvalue weighted by molar-refractivity contribution is 0.0600. The minimum atomic E-state index is -3.58. The van der Waals surface area contributed by atoms with E-state index in [9.17, 15) is 18.0 Å². The molecular formula is C23H28N2O5S. The molecule has 1 saturated heterocycles. The van der Waals surface area contributed by atoms with Gasteiger partial charge in [0, 0.05) is 25.2 Å². The number of carbonyl (C=O) groups is 2. The lowest BCUT2D eigenvalue weighted by Gasteiger charge is -2.34. The summed E-state index contributed by atoms with van der Waals surface area (Å²) in [6, 6.07) is 12.8. The lowest BCUT2D eigenvalue weighted by atomic mass is 9.94. The van der Waals surface area contributed by atoms with Gasteiger partial charge in [-0.05, 0) is 60.2 Å². The van der Waals surface area contributed by atoms with E-state index in [1.54, 1.807) is 28.6 Å². The van der Waals surface area contributed by atoms with Crippen LogP contribution in [0, 0.1) is 11.8 Å². The largest absolute Gasteiger partial charge is 0.465 e. The third-order valence-electron chi connectivity index (χ3n) is 5.42. The first-order chi connectivity index (χ1) is 14.7. The average Bonchev–Trinajstić information content (AvgIpc) is 2.76. The highest BCUT2D eigenvalue weighted by molar-refractivity contribution is 7.89. The number of nitrogens with zero attached hydrogens (tertiary/aromatic N) is 1. The van der Waals surface area contributed by atoms with Gasteiger partial charge in [-0.3, -0.25) is 4.79 Å². The molecule has 0 aromatic heterocycles. The Kier molecular flexibility index (Phi) is 7.12. The fourth-order valence-electron chi connectivity index (χ4n) is 3.89. The summed E-state index contributed by atoms with van der Waals surface area (Å²) < 4.78 is 32.1. The second-order valence-electron chi connectivity index (χ2n) is 8.16. The van der Waals surface area contributed by atoms with Gasteiger partial charge < -0.3 is 10.1 Å². The minimum absolute atomic E-state index is 0.198. The molecule has 1 heterocycles. The van der Waals surface area contributed by atoms with Crippen molar-refractivity contribution in [2.75, 3.05) is 20.2 Å². The van der Waals surface area contributed by atoms with Gasteiger partial charge >= 0.3 is 5.97 Å². The number of rotatable bonds is 6. The molecule has 0 saturated carbocycles. The van der Waals surface area contributed by atoms with Crippen molar-refractivity contribution in [3.05, 3.63) is 65.2 Å². The first-order valence-corrected chi connectivity index (χ1v) is 11.7. The van der Waals surface area contributed by atoms with Crippen LogP contribution < -0.4 is 5.32 Å². The SMILES string of the molecule is COC(=O)c1ccc(CNC(=O)c2ccc(S(=O)(=O)N3CC(C)CC(C)C3)cc2)cc1. The van der Waals surface area contributed by atoms with Gasteiger partial charge in [-0.15, -0.1) is 0 Å². The van der Waals surface area contributed by atoms with Gasteiger partial charge in [0.05, 0.1) is 17.6 Å². The zero-order valence-electron chi connectivity index (χ0n) is 18.0. The van der Waals surface area contributed by atoms with E-state index < -0.39 is 16.0 Å². The Bertz CT molecular complexity index is 1020. The molecule has 2 aromatic carbocycles. The number of hydrogen-bond acceptors (Lipinski definition) is 5. The molecule has 31 heavy (non-hydrogen) atoms. The maximum atomic E-state index is 13.0. The maximum absolute atomic E-state index is 13.0. The molecule has 2 atom stereocenters. The third-order valence-corrected chi connectivity index (χ3v) is 7.26. The molecule has 0 aliphatic carbocycles. The molecule has 3 rings (SSSR count). The quantitative estimate of drug-likeness (QED) is 0.692. The molecule has 2 unspecified atom stereocenters. The monoisotopic (exact) mass is 444 g/mol. The van der Waals surface area contributed by atoms with Gasteiger partial charge in [-0.2, -0.15) is 4.31 Å². The summed E-state index contributed by atoms with van der Waals surface area (Å²) in [5.74, 6) is -0.0733. The van der Waals surface area contributed by atoms with E-state index in [1.165, 1.54) is 31.4 Å². The summed E-state index contributed by atoms with van der Waals surface area (Å²) in [4.78, 5) is 24.1. The predicted octanol–water partition coefficient (Wildman–Crippen LogP) is 3.07. The van der Waals surface area contributed by atoms with Crippen molar-refractivity contribution in [1.29, 1.82) is 0 Å². The number of piperidine rings is 1. The zero-order chi connectivity index (χ0) is 22.6. The number of hydrogen-bond donors (Lipinski definition) is 1.